The summed E-state index contributed by atoms with van der Waals surface area (Å²) in [5.74, 6) is -1.09. The number of hydrogen-bond acceptors (Lipinski definition) is 2. The Kier molecular flexibility index (Phi) is 4.31. The van der Waals surface area contributed by atoms with Crippen molar-refractivity contribution in [2.45, 2.75) is 6.92 Å². The van der Waals surface area contributed by atoms with Crippen molar-refractivity contribution in [3.05, 3.63) is 56.5 Å². The number of anilines is 1. The molecule has 2 rings (SSSR count). The number of aryl methyl sites for hydroxylation is 1. The van der Waals surface area contributed by atoms with E-state index in [1.54, 1.807) is 12.1 Å². The van der Waals surface area contributed by atoms with E-state index in [-0.39, 0.29) is 10.0 Å². The van der Waals surface area contributed by atoms with Gasteiger partial charge in [0.25, 0.3) is 5.91 Å². The zero-order chi connectivity index (χ0) is 14.0. The van der Waals surface area contributed by atoms with Crippen LogP contribution in [0.2, 0.25) is 0 Å². The number of carbonyl (C=O) groups excluding carboxylic acids is 1. The van der Waals surface area contributed by atoms with Gasteiger partial charge in [0.15, 0.2) is 0 Å². The predicted octanol–water partition coefficient (Wildman–Crippen LogP) is 4.31. The van der Waals surface area contributed by atoms with Crippen LogP contribution in [-0.4, -0.2) is 10.9 Å². The van der Waals surface area contributed by atoms with Crippen LogP contribution in [-0.2, 0) is 0 Å². The van der Waals surface area contributed by atoms with Crippen LogP contribution in [0, 0.1) is 12.7 Å². The topological polar surface area (TPSA) is 42.0 Å². The van der Waals surface area contributed by atoms with Gasteiger partial charge in [0.05, 0.1) is 21.9 Å². The van der Waals surface area contributed by atoms with Gasteiger partial charge in [-0.3, -0.25) is 4.79 Å². The summed E-state index contributed by atoms with van der Waals surface area (Å²) in [5.41, 5.74) is 1.38. The molecule has 1 amide bonds. The summed E-state index contributed by atoms with van der Waals surface area (Å²) < 4.78 is 14.7. The summed E-state index contributed by atoms with van der Waals surface area (Å²) in [6.07, 6.45) is 1.50. The number of rotatable bonds is 2. The van der Waals surface area contributed by atoms with Crippen molar-refractivity contribution >= 4 is 43.5 Å². The first-order chi connectivity index (χ1) is 8.99. The van der Waals surface area contributed by atoms with Gasteiger partial charge in [-0.15, -0.1) is 0 Å². The van der Waals surface area contributed by atoms with E-state index in [9.17, 15) is 9.18 Å². The first kappa shape index (κ1) is 14.1. The maximum atomic E-state index is 13.8. The fourth-order valence-corrected chi connectivity index (χ4v) is 2.09. The zero-order valence-electron chi connectivity index (χ0n) is 9.88. The number of benzene rings is 1. The normalized spacial score (nSPS) is 10.3. The fourth-order valence-electron chi connectivity index (χ4n) is 1.50. The standard InChI is InChI=1S/C13H9Br2FN2O/c1-7-5-8(6-17-12(7)15)18-13(19)9-3-2-4-10(14)11(9)16/h2-6H,1H3,(H,18,19). The Bertz CT molecular complexity index is 647. The van der Waals surface area contributed by atoms with Crippen LogP contribution in [0.15, 0.2) is 39.5 Å². The van der Waals surface area contributed by atoms with Crippen molar-refractivity contribution in [3.8, 4) is 0 Å². The van der Waals surface area contributed by atoms with Crippen LogP contribution in [0.5, 0.6) is 0 Å². The van der Waals surface area contributed by atoms with E-state index in [0.29, 0.717) is 10.3 Å². The van der Waals surface area contributed by atoms with Gasteiger partial charge in [-0.05, 0) is 62.5 Å². The highest BCUT2D eigenvalue weighted by atomic mass is 79.9. The molecule has 0 bridgehead atoms. The minimum atomic E-state index is -0.582. The van der Waals surface area contributed by atoms with E-state index >= 15 is 0 Å². The third-order valence-electron chi connectivity index (χ3n) is 2.47. The summed E-state index contributed by atoms with van der Waals surface area (Å²) in [5, 5.41) is 2.61. The molecular formula is C13H9Br2FN2O. The molecule has 1 heterocycles. The average Bonchev–Trinajstić information content (AvgIpc) is 2.37. The van der Waals surface area contributed by atoms with Crippen molar-refractivity contribution in [3.63, 3.8) is 0 Å². The van der Waals surface area contributed by atoms with Crippen LogP contribution < -0.4 is 5.32 Å². The van der Waals surface area contributed by atoms with Gasteiger partial charge in [-0.2, -0.15) is 0 Å². The molecule has 6 heteroatoms. The number of nitrogens with zero attached hydrogens (tertiary/aromatic N) is 1. The molecule has 0 atom stereocenters. The average molecular weight is 388 g/mol. The maximum Gasteiger partial charge on any atom is 0.258 e. The molecule has 3 nitrogen and oxygen atoms in total. The second kappa shape index (κ2) is 5.79. The van der Waals surface area contributed by atoms with E-state index in [4.69, 9.17) is 0 Å². The van der Waals surface area contributed by atoms with Crippen molar-refractivity contribution in [2.75, 3.05) is 5.32 Å². The molecule has 1 aromatic heterocycles. The lowest BCUT2D eigenvalue weighted by molar-refractivity contribution is 0.102. The Labute approximate surface area is 126 Å². The summed E-state index contributed by atoms with van der Waals surface area (Å²) in [4.78, 5) is 16.0. The molecule has 0 unspecified atom stereocenters. The molecule has 19 heavy (non-hydrogen) atoms. The molecule has 0 fully saturated rings. The first-order valence-corrected chi connectivity index (χ1v) is 6.95. The van der Waals surface area contributed by atoms with Crippen molar-refractivity contribution < 1.29 is 9.18 Å². The number of aromatic nitrogens is 1. The lowest BCUT2D eigenvalue weighted by atomic mass is 10.2. The molecule has 0 spiro atoms. The Morgan fingerprint density at radius 2 is 2.11 bits per heavy atom. The third-order valence-corrected chi connectivity index (χ3v) is 3.91. The second-order valence-corrected chi connectivity index (χ2v) is 5.49. The summed E-state index contributed by atoms with van der Waals surface area (Å²) in [7, 11) is 0. The zero-order valence-corrected chi connectivity index (χ0v) is 13.0. The lowest BCUT2D eigenvalue weighted by Crippen LogP contribution is -2.14. The largest absolute Gasteiger partial charge is 0.320 e. The Morgan fingerprint density at radius 3 is 2.79 bits per heavy atom. The molecule has 1 N–H and O–H groups in total. The molecule has 0 aliphatic carbocycles. The van der Waals surface area contributed by atoms with Crippen molar-refractivity contribution in [2.24, 2.45) is 0 Å². The van der Waals surface area contributed by atoms with Crippen LogP contribution in [0.4, 0.5) is 10.1 Å². The molecule has 0 saturated heterocycles. The number of carbonyl (C=O) groups is 1. The van der Waals surface area contributed by atoms with E-state index in [2.05, 4.69) is 42.2 Å². The first-order valence-electron chi connectivity index (χ1n) is 5.36. The Hall–Kier alpha value is -1.27. The van der Waals surface area contributed by atoms with Gasteiger partial charge in [-0.25, -0.2) is 9.37 Å². The van der Waals surface area contributed by atoms with E-state index in [0.717, 1.165) is 5.56 Å². The molecule has 1 aromatic carbocycles. The molecule has 0 aliphatic rings. The molecular weight excluding hydrogens is 379 g/mol. The highest BCUT2D eigenvalue weighted by molar-refractivity contribution is 9.10. The van der Waals surface area contributed by atoms with Crippen molar-refractivity contribution in [1.82, 2.24) is 4.98 Å². The van der Waals surface area contributed by atoms with E-state index in [1.165, 1.54) is 18.3 Å². The summed E-state index contributed by atoms with van der Waals surface area (Å²) in [6, 6.07) is 6.32. The summed E-state index contributed by atoms with van der Waals surface area (Å²) in [6.45, 7) is 1.85. The van der Waals surface area contributed by atoms with Gasteiger partial charge >= 0.3 is 0 Å². The molecule has 0 radical (unpaired) electrons. The summed E-state index contributed by atoms with van der Waals surface area (Å²) >= 11 is 6.32. The third kappa shape index (κ3) is 3.19. The minimum absolute atomic E-state index is 0.0186. The van der Waals surface area contributed by atoms with Crippen LogP contribution >= 0.6 is 31.9 Å². The fraction of sp³-hybridized carbons (Fsp3) is 0.0769. The van der Waals surface area contributed by atoms with Gasteiger partial charge in [0.1, 0.15) is 10.4 Å². The number of nitrogens with one attached hydrogen (secondary N) is 1. The Morgan fingerprint density at radius 1 is 1.37 bits per heavy atom. The van der Waals surface area contributed by atoms with Crippen LogP contribution in [0.1, 0.15) is 15.9 Å². The molecule has 2 aromatic rings. The smallest absolute Gasteiger partial charge is 0.258 e. The van der Waals surface area contributed by atoms with E-state index < -0.39 is 11.7 Å². The lowest BCUT2D eigenvalue weighted by Gasteiger charge is -2.07. The monoisotopic (exact) mass is 386 g/mol. The molecule has 98 valence electrons. The Balaban J connectivity index is 2.26. The van der Waals surface area contributed by atoms with Gasteiger partial charge < -0.3 is 5.32 Å². The van der Waals surface area contributed by atoms with Crippen molar-refractivity contribution in [1.29, 1.82) is 0 Å². The number of hydrogen-bond donors (Lipinski definition) is 1. The highest BCUT2D eigenvalue weighted by Gasteiger charge is 2.14. The van der Waals surface area contributed by atoms with Gasteiger partial charge in [0.2, 0.25) is 0 Å². The maximum absolute atomic E-state index is 13.8. The van der Waals surface area contributed by atoms with Crippen LogP contribution in [0.3, 0.4) is 0 Å². The quantitative estimate of drug-likeness (QED) is 0.780. The second-order valence-electron chi connectivity index (χ2n) is 3.89. The number of amides is 1. The minimum Gasteiger partial charge on any atom is -0.320 e. The number of pyridine rings is 1. The van der Waals surface area contributed by atoms with E-state index in [1.807, 2.05) is 6.92 Å². The molecule has 0 saturated carbocycles. The van der Waals surface area contributed by atoms with Crippen LogP contribution in [0.25, 0.3) is 0 Å². The van der Waals surface area contributed by atoms with Gasteiger partial charge in [0, 0.05) is 0 Å². The number of halogens is 3. The van der Waals surface area contributed by atoms with Gasteiger partial charge in [-0.1, -0.05) is 6.07 Å². The highest BCUT2D eigenvalue weighted by Crippen LogP contribution is 2.21. The molecule has 0 aliphatic heterocycles. The SMILES string of the molecule is Cc1cc(NC(=O)c2cccc(Br)c2F)cnc1Br. The predicted molar refractivity (Wildman–Crippen MR) is 78.7 cm³/mol.